The molecule has 1 aromatic heterocycles. The normalized spacial score (nSPS) is 22.5. The molecule has 146 valence electrons. The summed E-state index contributed by atoms with van der Waals surface area (Å²) in [5, 5.41) is 4.31. The number of nitrogens with zero attached hydrogens (tertiary/aromatic N) is 3. The average Bonchev–Trinajstić information content (AvgIpc) is 3.45. The molecule has 0 bridgehead atoms. The Morgan fingerprint density at radius 3 is 2.19 bits per heavy atom. The molecular formula is C22H30ClN3O. The molecule has 1 aromatic carbocycles. The van der Waals surface area contributed by atoms with E-state index in [9.17, 15) is 0 Å². The Balaban J connectivity index is 0.00000180. The van der Waals surface area contributed by atoms with Crippen molar-refractivity contribution >= 4 is 12.4 Å². The Kier molecular flexibility index (Phi) is 5.84. The zero-order valence-corrected chi connectivity index (χ0v) is 16.8. The molecule has 2 heterocycles. The van der Waals surface area contributed by atoms with Crippen LogP contribution in [0.3, 0.4) is 0 Å². The Morgan fingerprint density at radius 1 is 0.815 bits per heavy atom. The van der Waals surface area contributed by atoms with Gasteiger partial charge >= 0.3 is 0 Å². The van der Waals surface area contributed by atoms with E-state index in [0.717, 1.165) is 36.2 Å². The number of hydrogen-bond acceptors (Lipinski definition) is 4. The second-order valence-electron chi connectivity index (χ2n) is 8.46. The van der Waals surface area contributed by atoms with Crippen molar-refractivity contribution in [3.63, 3.8) is 0 Å². The molecule has 2 aromatic rings. The van der Waals surface area contributed by atoms with Crippen LogP contribution in [0.2, 0.25) is 0 Å². The van der Waals surface area contributed by atoms with Crippen LogP contribution in [0.25, 0.3) is 11.5 Å². The molecule has 3 aliphatic rings. The summed E-state index contributed by atoms with van der Waals surface area (Å²) in [5.74, 6) is 2.79. The third-order valence-electron chi connectivity index (χ3n) is 6.63. The highest BCUT2D eigenvalue weighted by molar-refractivity contribution is 5.85. The van der Waals surface area contributed by atoms with Crippen molar-refractivity contribution in [2.45, 2.75) is 75.7 Å². The van der Waals surface area contributed by atoms with E-state index >= 15 is 0 Å². The summed E-state index contributed by atoms with van der Waals surface area (Å²) in [6.45, 7) is 2.38. The zero-order valence-electron chi connectivity index (χ0n) is 16.0. The topological polar surface area (TPSA) is 42.2 Å². The number of halogens is 1. The monoisotopic (exact) mass is 387 g/mol. The van der Waals surface area contributed by atoms with E-state index in [1.807, 2.05) is 0 Å². The first kappa shape index (κ1) is 18.9. The maximum Gasteiger partial charge on any atom is 0.257 e. The molecule has 0 N–H and O–H groups in total. The Bertz CT molecular complexity index is 726. The molecule has 0 radical (unpaired) electrons. The summed E-state index contributed by atoms with van der Waals surface area (Å²) >= 11 is 0. The van der Waals surface area contributed by atoms with Crippen molar-refractivity contribution in [2.75, 3.05) is 13.1 Å². The van der Waals surface area contributed by atoms with Crippen LogP contribution in [0.5, 0.6) is 0 Å². The van der Waals surface area contributed by atoms with E-state index in [2.05, 4.69) is 34.3 Å². The van der Waals surface area contributed by atoms with Crippen molar-refractivity contribution in [1.82, 2.24) is 15.0 Å². The minimum absolute atomic E-state index is 0. The lowest BCUT2D eigenvalue weighted by Gasteiger charge is -2.30. The van der Waals surface area contributed by atoms with Crippen molar-refractivity contribution in [1.29, 1.82) is 0 Å². The Hall–Kier alpha value is -1.39. The average molecular weight is 388 g/mol. The quantitative estimate of drug-likeness (QED) is 0.689. The van der Waals surface area contributed by atoms with Crippen LogP contribution in [0.4, 0.5) is 0 Å². The lowest BCUT2D eigenvalue weighted by Crippen LogP contribution is -2.34. The number of aromatic nitrogens is 2. The number of piperidine rings is 1. The van der Waals surface area contributed by atoms with Gasteiger partial charge in [-0.1, -0.05) is 36.6 Å². The summed E-state index contributed by atoms with van der Waals surface area (Å²) in [4.78, 5) is 7.38. The van der Waals surface area contributed by atoms with Gasteiger partial charge in [-0.3, -0.25) is 0 Å². The maximum atomic E-state index is 5.60. The SMILES string of the molecule is Cl.c1cc(C2CCCCC2)ccc1-c1nc(C2CCN(C3CC3)CC2)no1. The molecule has 27 heavy (non-hydrogen) atoms. The van der Waals surface area contributed by atoms with Crippen molar-refractivity contribution in [3.8, 4) is 11.5 Å². The molecule has 0 amide bonds. The van der Waals surface area contributed by atoms with E-state index in [1.165, 1.54) is 63.6 Å². The number of likely N-dealkylation sites (tertiary alicyclic amines) is 1. The molecule has 0 spiro atoms. The smallest absolute Gasteiger partial charge is 0.257 e. The molecule has 2 aliphatic carbocycles. The fourth-order valence-corrected chi connectivity index (χ4v) is 4.81. The van der Waals surface area contributed by atoms with Gasteiger partial charge in [-0.25, -0.2) is 0 Å². The molecule has 5 rings (SSSR count). The number of rotatable bonds is 4. The summed E-state index contributed by atoms with van der Waals surface area (Å²) < 4.78 is 5.60. The van der Waals surface area contributed by atoms with Gasteiger partial charge in [0.15, 0.2) is 5.82 Å². The van der Waals surface area contributed by atoms with Crippen LogP contribution in [-0.4, -0.2) is 34.2 Å². The highest BCUT2D eigenvalue weighted by Crippen LogP contribution is 2.35. The predicted molar refractivity (Wildman–Crippen MR) is 109 cm³/mol. The lowest BCUT2D eigenvalue weighted by molar-refractivity contribution is 0.199. The van der Waals surface area contributed by atoms with Gasteiger partial charge in [-0.05, 0) is 75.2 Å². The minimum Gasteiger partial charge on any atom is -0.334 e. The van der Waals surface area contributed by atoms with Crippen LogP contribution in [-0.2, 0) is 0 Å². The highest BCUT2D eigenvalue weighted by atomic mass is 35.5. The molecule has 5 heteroatoms. The summed E-state index contributed by atoms with van der Waals surface area (Å²) in [5.41, 5.74) is 2.53. The van der Waals surface area contributed by atoms with Crippen LogP contribution in [0.15, 0.2) is 28.8 Å². The van der Waals surface area contributed by atoms with Crippen molar-refractivity contribution < 1.29 is 4.52 Å². The molecule has 4 nitrogen and oxygen atoms in total. The van der Waals surface area contributed by atoms with Crippen LogP contribution >= 0.6 is 12.4 Å². The van der Waals surface area contributed by atoms with Gasteiger partial charge in [0.2, 0.25) is 0 Å². The second kappa shape index (κ2) is 8.32. The van der Waals surface area contributed by atoms with Crippen LogP contribution in [0.1, 0.15) is 81.0 Å². The summed E-state index contributed by atoms with van der Waals surface area (Å²) in [7, 11) is 0. The van der Waals surface area contributed by atoms with Gasteiger partial charge in [0.25, 0.3) is 5.89 Å². The fraction of sp³-hybridized carbons (Fsp3) is 0.636. The van der Waals surface area contributed by atoms with E-state index in [-0.39, 0.29) is 12.4 Å². The number of hydrogen-bond donors (Lipinski definition) is 0. The molecule has 0 atom stereocenters. The van der Waals surface area contributed by atoms with Gasteiger partial charge in [0.1, 0.15) is 0 Å². The van der Waals surface area contributed by atoms with Crippen molar-refractivity contribution in [2.24, 2.45) is 0 Å². The minimum atomic E-state index is 0. The van der Waals surface area contributed by atoms with Gasteiger partial charge in [-0.2, -0.15) is 4.98 Å². The van der Waals surface area contributed by atoms with E-state index < -0.39 is 0 Å². The van der Waals surface area contributed by atoms with Gasteiger partial charge < -0.3 is 9.42 Å². The zero-order chi connectivity index (χ0) is 17.3. The summed E-state index contributed by atoms with van der Waals surface area (Å²) in [6.07, 6.45) is 11.9. The van der Waals surface area contributed by atoms with E-state index in [0.29, 0.717) is 11.8 Å². The largest absolute Gasteiger partial charge is 0.334 e. The third-order valence-corrected chi connectivity index (χ3v) is 6.63. The first-order chi connectivity index (χ1) is 12.9. The molecular weight excluding hydrogens is 358 g/mol. The standard InChI is InChI=1S/C22H29N3O.ClH/c1-2-4-16(5-3-1)17-6-8-19(9-7-17)22-23-21(24-26-22)18-12-14-25(15-13-18)20-10-11-20;/h6-9,16,18,20H,1-5,10-15H2;1H. The predicted octanol–water partition coefficient (Wildman–Crippen LogP) is 5.55. The molecule has 2 saturated carbocycles. The second-order valence-corrected chi connectivity index (χ2v) is 8.46. The van der Waals surface area contributed by atoms with E-state index in [4.69, 9.17) is 9.51 Å². The summed E-state index contributed by atoms with van der Waals surface area (Å²) in [6, 6.07) is 9.74. The van der Waals surface area contributed by atoms with E-state index in [1.54, 1.807) is 0 Å². The molecule has 0 unspecified atom stereocenters. The first-order valence-electron chi connectivity index (χ1n) is 10.5. The van der Waals surface area contributed by atoms with Gasteiger partial charge in [0.05, 0.1) is 0 Å². The Labute approximate surface area is 168 Å². The highest BCUT2D eigenvalue weighted by Gasteiger charge is 2.33. The maximum absolute atomic E-state index is 5.60. The Morgan fingerprint density at radius 2 is 1.52 bits per heavy atom. The number of benzene rings is 1. The van der Waals surface area contributed by atoms with Gasteiger partial charge in [0, 0.05) is 17.5 Å². The lowest BCUT2D eigenvalue weighted by atomic mass is 9.84. The van der Waals surface area contributed by atoms with Crippen LogP contribution in [0, 0.1) is 0 Å². The van der Waals surface area contributed by atoms with Gasteiger partial charge in [-0.15, -0.1) is 12.4 Å². The third kappa shape index (κ3) is 4.22. The molecule has 1 aliphatic heterocycles. The van der Waals surface area contributed by atoms with Crippen molar-refractivity contribution in [3.05, 3.63) is 35.7 Å². The molecule has 1 saturated heterocycles. The first-order valence-corrected chi connectivity index (χ1v) is 10.5. The fourth-order valence-electron chi connectivity index (χ4n) is 4.81. The van der Waals surface area contributed by atoms with Crippen LogP contribution < -0.4 is 0 Å². The molecule has 3 fully saturated rings.